The van der Waals surface area contributed by atoms with Gasteiger partial charge in [-0.3, -0.25) is 4.98 Å². The molecule has 0 aliphatic rings. The Kier molecular flexibility index (Phi) is 4.99. The predicted octanol–water partition coefficient (Wildman–Crippen LogP) is 4.42. The van der Waals surface area contributed by atoms with Crippen molar-refractivity contribution >= 4 is 34.7 Å². The number of fused-ring (bicyclic) bond motifs is 1. The normalized spacial score (nSPS) is 9.78. The van der Waals surface area contributed by atoms with Crippen molar-refractivity contribution in [2.24, 2.45) is 0 Å². The number of hydrogen-bond acceptors (Lipinski definition) is 4. The lowest BCUT2D eigenvalue weighted by Crippen LogP contribution is -1.97. The summed E-state index contributed by atoms with van der Waals surface area (Å²) >= 11 is 0. The number of nitriles is 1. The van der Waals surface area contributed by atoms with E-state index in [1.807, 2.05) is 6.07 Å². The number of halogens is 2. The van der Waals surface area contributed by atoms with Crippen LogP contribution in [-0.4, -0.2) is 12.1 Å². The molecule has 0 saturated heterocycles. The molecule has 0 aliphatic carbocycles. The van der Waals surface area contributed by atoms with Crippen LogP contribution in [0.4, 0.5) is 15.8 Å². The van der Waals surface area contributed by atoms with Crippen molar-refractivity contribution in [3.05, 3.63) is 60.0 Å². The molecule has 0 fully saturated rings. The SMILES string of the molecule is COc1ccc2c(Nc3cccc(F)c3)c(C#N)cnc2c1.Cl. The fourth-order valence-corrected chi connectivity index (χ4v) is 2.23. The number of aromatic nitrogens is 1. The number of ether oxygens (including phenoxy) is 1. The van der Waals surface area contributed by atoms with Crippen molar-refractivity contribution in [1.82, 2.24) is 4.98 Å². The van der Waals surface area contributed by atoms with Crippen molar-refractivity contribution in [2.75, 3.05) is 12.4 Å². The summed E-state index contributed by atoms with van der Waals surface area (Å²) < 4.78 is 18.5. The first-order valence-electron chi connectivity index (χ1n) is 6.60. The zero-order valence-corrected chi connectivity index (χ0v) is 13.0. The van der Waals surface area contributed by atoms with Crippen molar-refractivity contribution in [1.29, 1.82) is 5.26 Å². The van der Waals surface area contributed by atoms with E-state index in [2.05, 4.69) is 16.4 Å². The molecule has 0 bridgehead atoms. The van der Waals surface area contributed by atoms with E-state index in [1.54, 1.807) is 31.4 Å². The van der Waals surface area contributed by atoms with Gasteiger partial charge in [-0.15, -0.1) is 12.4 Å². The predicted molar refractivity (Wildman–Crippen MR) is 89.9 cm³/mol. The van der Waals surface area contributed by atoms with Crippen molar-refractivity contribution in [3.8, 4) is 11.8 Å². The molecule has 0 atom stereocenters. The van der Waals surface area contributed by atoms with E-state index in [-0.39, 0.29) is 18.2 Å². The first-order valence-corrected chi connectivity index (χ1v) is 6.60. The Labute approximate surface area is 138 Å². The van der Waals surface area contributed by atoms with E-state index in [4.69, 9.17) is 4.74 Å². The quantitative estimate of drug-likeness (QED) is 0.772. The van der Waals surface area contributed by atoms with Crippen molar-refractivity contribution in [2.45, 2.75) is 0 Å². The van der Waals surface area contributed by atoms with Crippen molar-refractivity contribution in [3.63, 3.8) is 0 Å². The minimum Gasteiger partial charge on any atom is -0.497 e. The lowest BCUT2D eigenvalue weighted by atomic mass is 10.1. The third-order valence-electron chi connectivity index (χ3n) is 3.29. The standard InChI is InChI=1S/C17H12FN3O.ClH/c1-22-14-5-6-15-16(8-14)20-10-11(9-19)17(15)21-13-4-2-3-12(18)7-13;/h2-8,10H,1H3,(H,20,21);1H. The minimum absolute atomic E-state index is 0. The lowest BCUT2D eigenvalue weighted by molar-refractivity contribution is 0.415. The van der Waals surface area contributed by atoms with E-state index >= 15 is 0 Å². The summed E-state index contributed by atoms with van der Waals surface area (Å²) in [6, 6.07) is 13.6. The summed E-state index contributed by atoms with van der Waals surface area (Å²) in [5.74, 6) is 0.338. The van der Waals surface area contributed by atoms with Gasteiger partial charge in [-0.2, -0.15) is 5.26 Å². The second kappa shape index (κ2) is 6.95. The Balaban J connectivity index is 0.00000192. The molecule has 1 heterocycles. The summed E-state index contributed by atoms with van der Waals surface area (Å²) in [5.41, 5.74) is 2.25. The number of anilines is 2. The van der Waals surface area contributed by atoms with Crippen LogP contribution in [0.25, 0.3) is 10.9 Å². The van der Waals surface area contributed by atoms with E-state index in [0.29, 0.717) is 28.2 Å². The van der Waals surface area contributed by atoms with Crippen LogP contribution in [0.15, 0.2) is 48.7 Å². The minimum atomic E-state index is -0.344. The largest absolute Gasteiger partial charge is 0.497 e. The molecule has 0 unspecified atom stereocenters. The molecule has 1 aromatic heterocycles. The highest BCUT2D eigenvalue weighted by Crippen LogP contribution is 2.30. The molecule has 3 aromatic rings. The number of hydrogen-bond donors (Lipinski definition) is 1. The van der Waals surface area contributed by atoms with Gasteiger partial charge in [0.05, 0.1) is 23.9 Å². The van der Waals surface area contributed by atoms with Gasteiger partial charge in [-0.05, 0) is 30.3 Å². The first-order chi connectivity index (χ1) is 10.7. The van der Waals surface area contributed by atoms with E-state index < -0.39 is 0 Å². The Morgan fingerprint density at radius 1 is 1.22 bits per heavy atom. The van der Waals surface area contributed by atoms with Gasteiger partial charge in [-0.1, -0.05) is 6.07 Å². The third kappa shape index (κ3) is 3.33. The Morgan fingerprint density at radius 3 is 2.74 bits per heavy atom. The van der Waals surface area contributed by atoms with Crippen LogP contribution in [0, 0.1) is 17.1 Å². The second-order valence-electron chi connectivity index (χ2n) is 4.68. The smallest absolute Gasteiger partial charge is 0.125 e. The number of nitrogens with zero attached hydrogens (tertiary/aromatic N) is 2. The second-order valence-corrected chi connectivity index (χ2v) is 4.68. The van der Waals surface area contributed by atoms with Gasteiger partial charge in [0.15, 0.2) is 0 Å². The van der Waals surface area contributed by atoms with Crippen molar-refractivity contribution < 1.29 is 9.13 Å². The fourth-order valence-electron chi connectivity index (χ4n) is 2.23. The molecular formula is C17H13ClFN3O. The Morgan fingerprint density at radius 2 is 2.04 bits per heavy atom. The number of benzene rings is 2. The lowest BCUT2D eigenvalue weighted by Gasteiger charge is -2.12. The molecule has 1 N–H and O–H groups in total. The summed E-state index contributed by atoms with van der Waals surface area (Å²) in [4.78, 5) is 4.26. The van der Waals surface area contributed by atoms with Gasteiger partial charge < -0.3 is 10.1 Å². The third-order valence-corrected chi connectivity index (χ3v) is 3.29. The van der Waals surface area contributed by atoms with Crippen LogP contribution in [0.2, 0.25) is 0 Å². The van der Waals surface area contributed by atoms with Gasteiger partial charge >= 0.3 is 0 Å². The molecule has 2 aromatic carbocycles. The molecule has 0 radical (unpaired) electrons. The van der Waals surface area contributed by atoms with E-state index in [9.17, 15) is 9.65 Å². The summed E-state index contributed by atoms with van der Waals surface area (Å²) in [6.45, 7) is 0. The molecule has 0 aliphatic heterocycles. The van der Waals surface area contributed by atoms with E-state index in [1.165, 1.54) is 18.3 Å². The van der Waals surface area contributed by atoms with Gasteiger partial charge in [0.1, 0.15) is 17.6 Å². The molecule has 0 amide bonds. The molecule has 4 nitrogen and oxygen atoms in total. The highest BCUT2D eigenvalue weighted by atomic mass is 35.5. The molecule has 23 heavy (non-hydrogen) atoms. The maximum atomic E-state index is 13.3. The first kappa shape index (κ1) is 16.5. The van der Waals surface area contributed by atoms with Crippen LogP contribution >= 0.6 is 12.4 Å². The van der Waals surface area contributed by atoms with Crippen LogP contribution in [0.5, 0.6) is 5.75 Å². The maximum Gasteiger partial charge on any atom is 0.125 e. The molecule has 6 heteroatoms. The number of nitrogens with one attached hydrogen (secondary N) is 1. The zero-order chi connectivity index (χ0) is 15.5. The number of methoxy groups -OCH3 is 1. The Hall–Kier alpha value is -2.84. The topological polar surface area (TPSA) is 57.9 Å². The number of pyridine rings is 1. The van der Waals surface area contributed by atoms with Crippen LogP contribution in [0.1, 0.15) is 5.56 Å². The highest BCUT2D eigenvalue weighted by Gasteiger charge is 2.10. The maximum absolute atomic E-state index is 13.3. The molecular weight excluding hydrogens is 317 g/mol. The zero-order valence-electron chi connectivity index (χ0n) is 12.2. The molecule has 116 valence electrons. The Bertz CT molecular complexity index is 893. The fraction of sp³-hybridized carbons (Fsp3) is 0.0588. The molecule has 3 rings (SSSR count). The highest BCUT2D eigenvalue weighted by molar-refractivity contribution is 5.96. The molecule has 0 spiro atoms. The van der Waals surface area contributed by atoms with Gasteiger partial charge in [0.2, 0.25) is 0 Å². The van der Waals surface area contributed by atoms with Gasteiger partial charge in [-0.25, -0.2) is 4.39 Å². The van der Waals surface area contributed by atoms with E-state index in [0.717, 1.165) is 5.39 Å². The summed E-state index contributed by atoms with van der Waals surface area (Å²) in [6.07, 6.45) is 1.49. The van der Waals surface area contributed by atoms with Gasteiger partial charge in [0, 0.05) is 23.3 Å². The average Bonchev–Trinajstić information content (AvgIpc) is 2.54. The van der Waals surface area contributed by atoms with Crippen LogP contribution in [-0.2, 0) is 0 Å². The summed E-state index contributed by atoms with van der Waals surface area (Å²) in [5, 5.41) is 13.2. The molecule has 0 saturated carbocycles. The average molecular weight is 330 g/mol. The summed E-state index contributed by atoms with van der Waals surface area (Å²) in [7, 11) is 1.58. The van der Waals surface area contributed by atoms with Crippen LogP contribution in [0.3, 0.4) is 0 Å². The van der Waals surface area contributed by atoms with Gasteiger partial charge in [0.25, 0.3) is 0 Å². The number of rotatable bonds is 3. The van der Waals surface area contributed by atoms with Crippen LogP contribution < -0.4 is 10.1 Å². The monoisotopic (exact) mass is 329 g/mol.